The summed E-state index contributed by atoms with van der Waals surface area (Å²) >= 11 is 0. The molecule has 2 aliphatic rings. The lowest BCUT2D eigenvalue weighted by atomic mass is 10.0. The van der Waals surface area contributed by atoms with Gasteiger partial charge in [-0.3, -0.25) is 14.5 Å². The molecule has 3 aromatic rings. The largest absolute Gasteiger partial charge is 0.309 e. The second-order valence-corrected chi connectivity index (χ2v) is 8.11. The normalized spacial score (nSPS) is 16.1. The Morgan fingerprint density at radius 3 is 2.42 bits per heavy atom. The molecule has 156 valence electrons. The molecule has 0 spiro atoms. The Kier molecular flexibility index (Phi) is 4.90. The van der Waals surface area contributed by atoms with E-state index in [1.807, 2.05) is 54.6 Å². The van der Waals surface area contributed by atoms with Crippen molar-refractivity contribution in [3.8, 4) is 5.69 Å². The number of carbonyl (C=O) groups excluding carboxylic acids is 2. The lowest BCUT2D eigenvalue weighted by Crippen LogP contribution is -2.33. The highest BCUT2D eigenvalue weighted by molar-refractivity contribution is 6.11. The van der Waals surface area contributed by atoms with E-state index in [1.54, 1.807) is 10.7 Å². The van der Waals surface area contributed by atoms with E-state index < -0.39 is 0 Å². The van der Waals surface area contributed by atoms with E-state index in [1.165, 1.54) is 17.7 Å². The number of carbonyl (C=O) groups is 2. The van der Waals surface area contributed by atoms with Crippen molar-refractivity contribution in [1.82, 2.24) is 14.7 Å². The van der Waals surface area contributed by atoms with Crippen molar-refractivity contribution >= 4 is 23.3 Å². The molecule has 0 atom stereocenters. The van der Waals surface area contributed by atoms with E-state index in [4.69, 9.17) is 5.10 Å². The fourth-order valence-electron chi connectivity index (χ4n) is 4.50. The second kappa shape index (κ2) is 7.87. The number of benzene rings is 2. The Bertz CT molecular complexity index is 1120. The predicted octanol–water partition coefficient (Wildman–Crippen LogP) is 4.60. The van der Waals surface area contributed by atoms with Gasteiger partial charge in [-0.25, -0.2) is 4.68 Å². The van der Waals surface area contributed by atoms with Crippen LogP contribution in [0.1, 0.15) is 53.2 Å². The molecule has 0 bridgehead atoms. The van der Waals surface area contributed by atoms with Crippen LogP contribution in [-0.4, -0.2) is 33.0 Å². The molecule has 1 fully saturated rings. The van der Waals surface area contributed by atoms with Crippen LogP contribution in [0, 0.1) is 0 Å². The zero-order chi connectivity index (χ0) is 21.4. The molecule has 6 nitrogen and oxygen atoms in total. The van der Waals surface area contributed by atoms with Crippen LogP contribution in [-0.2, 0) is 4.79 Å². The summed E-state index contributed by atoms with van der Waals surface area (Å²) in [5.74, 6) is 0.569. The van der Waals surface area contributed by atoms with Crippen LogP contribution in [0.2, 0.25) is 0 Å². The number of aromatic nitrogens is 2. The van der Waals surface area contributed by atoms with E-state index in [9.17, 15) is 9.59 Å². The van der Waals surface area contributed by atoms with Crippen LogP contribution < -0.4 is 5.32 Å². The highest BCUT2D eigenvalue weighted by atomic mass is 16.2. The molecule has 1 aromatic heterocycles. The van der Waals surface area contributed by atoms with Crippen molar-refractivity contribution in [3.63, 3.8) is 0 Å². The topological polar surface area (TPSA) is 67.2 Å². The Morgan fingerprint density at radius 1 is 1.03 bits per heavy atom. The molecule has 31 heavy (non-hydrogen) atoms. The van der Waals surface area contributed by atoms with Crippen molar-refractivity contribution in [2.45, 2.75) is 31.6 Å². The van der Waals surface area contributed by atoms with Gasteiger partial charge in [-0.15, -0.1) is 0 Å². The third kappa shape index (κ3) is 3.54. The molecule has 5 rings (SSSR count). The van der Waals surface area contributed by atoms with Gasteiger partial charge in [0.1, 0.15) is 12.4 Å². The minimum absolute atomic E-state index is 0.0922. The van der Waals surface area contributed by atoms with Crippen molar-refractivity contribution in [2.75, 3.05) is 11.9 Å². The molecule has 1 aliphatic heterocycles. The van der Waals surface area contributed by atoms with Crippen molar-refractivity contribution in [3.05, 3.63) is 84.1 Å². The molecule has 2 heterocycles. The minimum atomic E-state index is -0.280. The van der Waals surface area contributed by atoms with E-state index >= 15 is 0 Å². The standard InChI is InChI=1S/C25H24N4O2/c1-17-20-13-7-8-14-21(20)25(31)28(17)16-24(30)26-23-15-22(18-9-5-6-10-18)27-29(23)19-11-3-2-4-12-19/h2-4,7-8,11-15,18H,1,5-6,9-10,16H2,(H,26,30). The molecule has 2 amide bonds. The summed E-state index contributed by atoms with van der Waals surface area (Å²) in [5.41, 5.74) is 3.80. The second-order valence-electron chi connectivity index (χ2n) is 8.11. The number of rotatable bonds is 5. The highest BCUT2D eigenvalue weighted by Gasteiger charge is 2.32. The molecule has 0 unspecified atom stereocenters. The van der Waals surface area contributed by atoms with Gasteiger partial charge in [0.05, 0.1) is 11.4 Å². The minimum Gasteiger partial charge on any atom is -0.309 e. The van der Waals surface area contributed by atoms with Gasteiger partial charge in [-0.05, 0) is 31.0 Å². The summed E-state index contributed by atoms with van der Waals surface area (Å²) in [6, 6.07) is 19.0. The monoisotopic (exact) mass is 412 g/mol. The molecule has 6 heteroatoms. The molecular weight excluding hydrogens is 388 g/mol. The molecular formula is C25H24N4O2. The van der Waals surface area contributed by atoms with Gasteiger partial charge in [0.2, 0.25) is 5.91 Å². The highest BCUT2D eigenvalue weighted by Crippen LogP contribution is 2.35. The first-order valence-corrected chi connectivity index (χ1v) is 10.7. The van der Waals surface area contributed by atoms with Gasteiger partial charge < -0.3 is 5.32 Å². The number of nitrogens with one attached hydrogen (secondary N) is 1. The summed E-state index contributed by atoms with van der Waals surface area (Å²) in [4.78, 5) is 27.1. The van der Waals surface area contributed by atoms with E-state index in [2.05, 4.69) is 11.9 Å². The molecule has 0 radical (unpaired) electrons. The van der Waals surface area contributed by atoms with Gasteiger partial charge >= 0.3 is 0 Å². The quantitative estimate of drug-likeness (QED) is 0.666. The number of amides is 2. The Labute approximate surface area is 181 Å². The first kappa shape index (κ1) is 19.3. The maximum Gasteiger partial charge on any atom is 0.259 e. The van der Waals surface area contributed by atoms with Crippen molar-refractivity contribution < 1.29 is 9.59 Å². The zero-order valence-electron chi connectivity index (χ0n) is 17.3. The maximum atomic E-state index is 12.9. The number of anilines is 1. The molecule has 0 saturated heterocycles. The van der Waals surface area contributed by atoms with E-state index in [0.29, 0.717) is 23.0 Å². The number of nitrogens with zero attached hydrogens (tertiary/aromatic N) is 3. The number of fused-ring (bicyclic) bond motifs is 1. The SMILES string of the molecule is C=C1c2ccccc2C(=O)N1CC(=O)Nc1cc(C2CCCC2)nn1-c1ccccc1. The van der Waals surface area contributed by atoms with Crippen LogP contribution in [0.3, 0.4) is 0 Å². The third-order valence-electron chi connectivity index (χ3n) is 6.11. The van der Waals surface area contributed by atoms with Crippen LogP contribution in [0.4, 0.5) is 5.82 Å². The smallest absolute Gasteiger partial charge is 0.259 e. The van der Waals surface area contributed by atoms with Gasteiger partial charge in [-0.2, -0.15) is 5.10 Å². The third-order valence-corrected chi connectivity index (χ3v) is 6.11. The van der Waals surface area contributed by atoms with Crippen molar-refractivity contribution in [1.29, 1.82) is 0 Å². The molecule has 2 aromatic carbocycles. The first-order valence-electron chi connectivity index (χ1n) is 10.7. The maximum absolute atomic E-state index is 12.9. The van der Waals surface area contributed by atoms with Gasteiger partial charge in [0, 0.05) is 28.8 Å². The summed E-state index contributed by atoms with van der Waals surface area (Å²) < 4.78 is 1.78. The molecule has 1 N–H and O–H groups in total. The zero-order valence-corrected chi connectivity index (χ0v) is 17.3. The van der Waals surface area contributed by atoms with Gasteiger partial charge in [0.25, 0.3) is 5.91 Å². The summed E-state index contributed by atoms with van der Waals surface area (Å²) in [6.45, 7) is 3.92. The van der Waals surface area contributed by atoms with Crippen LogP contribution >= 0.6 is 0 Å². The predicted molar refractivity (Wildman–Crippen MR) is 120 cm³/mol. The average Bonchev–Trinajstić information content (AvgIpc) is 3.51. The summed E-state index contributed by atoms with van der Waals surface area (Å²) in [6.07, 6.45) is 4.67. The molecule has 1 saturated carbocycles. The Hall–Kier alpha value is -3.67. The number of hydrogen-bond acceptors (Lipinski definition) is 3. The summed E-state index contributed by atoms with van der Waals surface area (Å²) in [7, 11) is 0. The van der Waals surface area contributed by atoms with Crippen LogP contribution in [0.5, 0.6) is 0 Å². The van der Waals surface area contributed by atoms with Gasteiger partial charge in [0.15, 0.2) is 0 Å². The number of hydrogen-bond donors (Lipinski definition) is 1. The van der Waals surface area contributed by atoms with Crippen LogP contribution in [0.25, 0.3) is 11.4 Å². The summed E-state index contributed by atoms with van der Waals surface area (Å²) in [5, 5.41) is 7.79. The Balaban J connectivity index is 1.39. The lowest BCUT2D eigenvalue weighted by Gasteiger charge is -2.17. The fourth-order valence-corrected chi connectivity index (χ4v) is 4.50. The first-order chi connectivity index (χ1) is 15.1. The fraction of sp³-hybridized carbons (Fsp3) is 0.240. The van der Waals surface area contributed by atoms with E-state index in [-0.39, 0.29) is 18.4 Å². The van der Waals surface area contributed by atoms with Crippen molar-refractivity contribution in [2.24, 2.45) is 0 Å². The van der Waals surface area contributed by atoms with Gasteiger partial charge in [-0.1, -0.05) is 55.8 Å². The number of para-hydroxylation sites is 1. The lowest BCUT2D eigenvalue weighted by molar-refractivity contribution is -0.116. The Morgan fingerprint density at radius 2 is 1.71 bits per heavy atom. The molecule has 1 aliphatic carbocycles. The van der Waals surface area contributed by atoms with Crippen LogP contribution in [0.15, 0.2) is 67.2 Å². The van der Waals surface area contributed by atoms with E-state index in [0.717, 1.165) is 29.8 Å². The average molecular weight is 412 g/mol.